The summed E-state index contributed by atoms with van der Waals surface area (Å²) in [6.45, 7) is 5.34. The van der Waals surface area contributed by atoms with Gasteiger partial charge in [0.25, 0.3) is 0 Å². The highest BCUT2D eigenvalue weighted by atomic mass is 16.5. The Balaban J connectivity index is 1.73. The Bertz CT molecular complexity index is 530. The standard InChI is InChI=1S/C15H21N3O2/c1-15(2)12(11-6-7-20-13(11)15)17-9-4-3-5-10(8-9)18-14(16)19/h3-5,8,11-13,17H,6-7H2,1-2H3,(H3,16,18,19). The number of ether oxygens (including phenoxy) is 1. The number of fused-ring (bicyclic) bond motifs is 1. The van der Waals surface area contributed by atoms with E-state index in [0.717, 1.165) is 18.7 Å². The van der Waals surface area contributed by atoms with Gasteiger partial charge in [-0.15, -0.1) is 0 Å². The smallest absolute Gasteiger partial charge is 0.316 e. The fourth-order valence-electron chi connectivity index (χ4n) is 3.63. The zero-order valence-electron chi connectivity index (χ0n) is 11.8. The molecule has 3 atom stereocenters. The van der Waals surface area contributed by atoms with Crippen LogP contribution in [-0.4, -0.2) is 24.8 Å². The lowest BCUT2D eigenvalue weighted by Crippen LogP contribution is -2.63. The predicted octanol–water partition coefficient (Wildman–Crippen LogP) is 2.40. The van der Waals surface area contributed by atoms with Gasteiger partial charge >= 0.3 is 6.03 Å². The van der Waals surface area contributed by atoms with Crippen molar-refractivity contribution in [3.8, 4) is 0 Å². The predicted molar refractivity (Wildman–Crippen MR) is 78.7 cm³/mol. The topological polar surface area (TPSA) is 76.4 Å². The normalized spacial score (nSPS) is 30.2. The van der Waals surface area contributed by atoms with Crippen molar-refractivity contribution < 1.29 is 9.53 Å². The van der Waals surface area contributed by atoms with Crippen LogP contribution < -0.4 is 16.4 Å². The van der Waals surface area contributed by atoms with E-state index in [1.165, 1.54) is 0 Å². The number of primary amides is 1. The summed E-state index contributed by atoms with van der Waals surface area (Å²) in [6, 6.07) is 7.50. The number of benzene rings is 1. The molecule has 3 unspecified atom stereocenters. The van der Waals surface area contributed by atoms with E-state index in [1.54, 1.807) is 0 Å². The van der Waals surface area contributed by atoms with Gasteiger partial charge in [-0.25, -0.2) is 4.79 Å². The summed E-state index contributed by atoms with van der Waals surface area (Å²) in [5, 5.41) is 6.18. The zero-order valence-corrected chi connectivity index (χ0v) is 11.8. The number of hydrogen-bond donors (Lipinski definition) is 3. The van der Waals surface area contributed by atoms with Crippen LogP contribution in [0.1, 0.15) is 20.3 Å². The number of rotatable bonds is 3. The molecule has 0 bridgehead atoms. The molecule has 1 aliphatic carbocycles. The molecule has 20 heavy (non-hydrogen) atoms. The molecular formula is C15H21N3O2. The Hall–Kier alpha value is -1.75. The van der Waals surface area contributed by atoms with Crippen LogP contribution >= 0.6 is 0 Å². The van der Waals surface area contributed by atoms with Gasteiger partial charge in [0, 0.05) is 35.4 Å². The lowest BCUT2D eigenvalue weighted by molar-refractivity contribution is -0.0923. The number of carbonyl (C=O) groups is 1. The number of urea groups is 1. The first-order valence-electron chi connectivity index (χ1n) is 7.03. The van der Waals surface area contributed by atoms with Gasteiger partial charge in [0.1, 0.15) is 0 Å². The monoisotopic (exact) mass is 275 g/mol. The van der Waals surface area contributed by atoms with Crippen LogP contribution in [0.3, 0.4) is 0 Å². The van der Waals surface area contributed by atoms with E-state index in [-0.39, 0.29) is 5.41 Å². The fourth-order valence-corrected chi connectivity index (χ4v) is 3.63. The molecule has 1 aliphatic heterocycles. The fraction of sp³-hybridized carbons (Fsp3) is 0.533. The van der Waals surface area contributed by atoms with Crippen LogP contribution in [0.4, 0.5) is 16.2 Å². The maximum atomic E-state index is 10.9. The molecule has 5 nitrogen and oxygen atoms in total. The summed E-state index contributed by atoms with van der Waals surface area (Å²) in [6.07, 6.45) is 1.48. The van der Waals surface area contributed by atoms with Crippen LogP contribution in [0.5, 0.6) is 0 Å². The third-order valence-corrected chi connectivity index (χ3v) is 4.55. The highest BCUT2D eigenvalue weighted by molar-refractivity contribution is 5.88. The maximum absolute atomic E-state index is 10.9. The summed E-state index contributed by atoms with van der Waals surface area (Å²) in [5.41, 5.74) is 6.98. The highest BCUT2D eigenvalue weighted by Gasteiger charge is 2.59. The molecule has 1 aromatic carbocycles. The van der Waals surface area contributed by atoms with Crippen molar-refractivity contribution in [3.05, 3.63) is 24.3 Å². The van der Waals surface area contributed by atoms with Gasteiger partial charge < -0.3 is 21.1 Å². The van der Waals surface area contributed by atoms with Gasteiger partial charge in [-0.05, 0) is 24.6 Å². The van der Waals surface area contributed by atoms with Gasteiger partial charge in [0.2, 0.25) is 0 Å². The number of anilines is 2. The average molecular weight is 275 g/mol. The van der Waals surface area contributed by atoms with Crippen molar-refractivity contribution >= 4 is 17.4 Å². The van der Waals surface area contributed by atoms with E-state index in [9.17, 15) is 4.79 Å². The maximum Gasteiger partial charge on any atom is 0.316 e. The van der Waals surface area contributed by atoms with Crippen molar-refractivity contribution in [3.63, 3.8) is 0 Å². The molecule has 1 saturated heterocycles. The van der Waals surface area contributed by atoms with Crippen LogP contribution in [0.2, 0.25) is 0 Å². The first kappa shape index (κ1) is 13.2. The van der Waals surface area contributed by atoms with Crippen LogP contribution in [-0.2, 0) is 4.74 Å². The minimum absolute atomic E-state index is 0.133. The molecule has 2 fully saturated rings. The third kappa shape index (κ3) is 2.12. The van der Waals surface area contributed by atoms with Crippen molar-refractivity contribution in [2.45, 2.75) is 32.4 Å². The molecule has 3 rings (SSSR count). The van der Waals surface area contributed by atoms with Gasteiger partial charge in [-0.2, -0.15) is 0 Å². The molecule has 108 valence electrons. The van der Waals surface area contributed by atoms with Crippen molar-refractivity contribution in [2.24, 2.45) is 17.1 Å². The van der Waals surface area contributed by atoms with Gasteiger partial charge in [0.05, 0.1) is 6.10 Å². The Morgan fingerprint density at radius 1 is 1.40 bits per heavy atom. The Kier molecular flexibility index (Phi) is 3.09. The summed E-state index contributed by atoms with van der Waals surface area (Å²) >= 11 is 0. The number of hydrogen-bond acceptors (Lipinski definition) is 3. The number of amides is 2. The second-order valence-corrected chi connectivity index (χ2v) is 6.26. The van der Waals surface area contributed by atoms with Gasteiger partial charge in [-0.1, -0.05) is 19.9 Å². The van der Waals surface area contributed by atoms with E-state index in [2.05, 4.69) is 24.5 Å². The van der Waals surface area contributed by atoms with Crippen LogP contribution in [0, 0.1) is 11.3 Å². The van der Waals surface area contributed by atoms with E-state index >= 15 is 0 Å². The van der Waals surface area contributed by atoms with E-state index < -0.39 is 6.03 Å². The third-order valence-electron chi connectivity index (χ3n) is 4.55. The van der Waals surface area contributed by atoms with Gasteiger partial charge in [0.15, 0.2) is 0 Å². The van der Waals surface area contributed by atoms with Crippen molar-refractivity contribution in [2.75, 3.05) is 17.2 Å². The number of nitrogens with one attached hydrogen (secondary N) is 2. The molecule has 0 aromatic heterocycles. The summed E-state index contributed by atoms with van der Waals surface area (Å²) < 4.78 is 5.80. The second-order valence-electron chi connectivity index (χ2n) is 6.26. The largest absolute Gasteiger partial charge is 0.381 e. The molecule has 0 radical (unpaired) electrons. The molecular weight excluding hydrogens is 254 g/mol. The Morgan fingerprint density at radius 2 is 2.15 bits per heavy atom. The molecule has 1 aromatic rings. The summed E-state index contributed by atoms with van der Waals surface area (Å²) in [7, 11) is 0. The molecule has 4 N–H and O–H groups in total. The molecule has 0 spiro atoms. The Morgan fingerprint density at radius 3 is 2.90 bits per heavy atom. The van der Waals surface area contributed by atoms with E-state index in [1.807, 2.05) is 24.3 Å². The van der Waals surface area contributed by atoms with E-state index in [4.69, 9.17) is 10.5 Å². The summed E-state index contributed by atoms with van der Waals surface area (Å²) in [4.78, 5) is 10.9. The van der Waals surface area contributed by atoms with Crippen molar-refractivity contribution in [1.82, 2.24) is 0 Å². The molecule has 2 amide bonds. The minimum atomic E-state index is -0.546. The number of carbonyl (C=O) groups excluding carboxylic acids is 1. The first-order chi connectivity index (χ1) is 9.48. The average Bonchev–Trinajstić information content (AvgIpc) is 2.82. The second kappa shape index (κ2) is 4.66. The lowest BCUT2D eigenvalue weighted by Gasteiger charge is -2.55. The quantitative estimate of drug-likeness (QED) is 0.792. The molecule has 1 saturated carbocycles. The van der Waals surface area contributed by atoms with Crippen LogP contribution in [0.15, 0.2) is 24.3 Å². The lowest BCUT2D eigenvalue weighted by atomic mass is 9.57. The van der Waals surface area contributed by atoms with Crippen molar-refractivity contribution in [1.29, 1.82) is 0 Å². The molecule has 1 heterocycles. The zero-order chi connectivity index (χ0) is 14.3. The molecule has 5 heteroatoms. The SMILES string of the molecule is CC1(C)C(Nc2cccc(NC(N)=O)c2)C2CCOC21. The summed E-state index contributed by atoms with van der Waals surface area (Å²) in [5.74, 6) is 0.581. The van der Waals surface area contributed by atoms with Gasteiger partial charge in [-0.3, -0.25) is 0 Å². The van der Waals surface area contributed by atoms with Crippen LogP contribution in [0.25, 0.3) is 0 Å². The highest BCUT2D eigenvalue weighted by Crippen LogP contribution is 2.53. The first-order valence-corrected chi connectivity index (χ1v) is 7.03. The molecule has 2 aliphatic rings. The minimum Gasteiger partial charge on any atom is -0.381 e. The Labute approximate surface area is 118 Å². The number of nitrogens with two attached hydrogens (primary N) is 1. The van der Waals surface area contributed by atoms with E-state index in [0.29, 0.717) is 23.8 Å².